The number of thioether (sulfide) groups is 1. The van der Waals surface area contributed by atoms with Gasteiger partial charge in [-0.2, -0.15) is 4.98 Å². The van der Waals surface area contributed by atoms with E-state index < -0.39 is 6.04 Å². The van der Waals surface area contributed by atoms with E-state index in [4.69, 9.17) is 24.3 Å². The molecule has 1 unspecified atom stereocenters. The second-order valence-electron chi connectivity index (χ2n) is 8.42. The molecule has 196 valence electrons. The fourth-order valence-corrected chi connectivity index (χ4v) is 5.08. The standard InChI is InChI=1S/C27H33N5O4S/c1-6-8-15-37-27-30-26-28-17(3)23(25(33)29-20-11-9-10-12-21(20)36-7-2)24(32(26)31-27)19-14-13-18(34-4)16-22(19)35-5/h9-14,16,24H,6-8,15H2,1-5H3,(H,29,33)(H,28,30,31). The van der Waals surface area contributed by atoms with E-state index in [-0.39, 0.29) is 5.91 Å². The fourth-order valence-electron chi connectivity index (χ4n) is 4.17. The smallest absolute Gasteiger partial charge is 0.255 e. The van der Waals surface area contributed by atoms with Gasteiger partial charge in [-0.3, -0.25) is 4.79 Å². The fraction of sp³-hybridized carbons (Fsp3) is 0.370. The maximum absolute atomic E-state index is 13.9. The molecule has 1 aliphatic heterocycles. The van der Waals surface area contributed by atoms with Gasteiger partial charge in [-0.05, 0) is 44.5 Å². The van der Waals surface area contributed by atoms with E-state index in [1.165, 1.54) is 0 Å². The third-order valence-corrected chi connectivity index (χ3v) is 6.90. The quantitative estimate of drug-likeness (QED) is 0.251. The van der Waals surface area contributed by atoms with Gasteiger partial charge in [0.05, 0.1) is 32.1 Å². The largest absolute Gasteiger partial charge is 0.497 e. The number of amides is 1. The third-order valence-electron chi connectivity index (χ3n) is 5.98. The minimum absolute atomic E-state index is 0.277. The second kappa shape index (κ2) is 12.1. The normalized spacial score (nSPS) is 14.6. The summed E-state index contributed by atoms with van der Waals surface area (Å²) in [5.41, 5.74) is 2.54. The number of rotatable bonds is 11. The summed E-state index contributed by atoms with van der Waals surface area (Å²) in [5, 5.41) is 11.8. The molecule has 1 aromatic heterocycles. The van der Waals surface area contributed by atoms with Crippen molar-refractivity contribution in [3.05, 3.63) is 59.3 Å². The minimum atomic E-state index is -0.579. The number of unbranched alkanes of at least 4 members (excludes halogenated alkanes) is 1. The molecule has 0 aliphatic carbocycles. The number of para-hydroxylation sites is 2. The van der Waals surface area contributed by atoms with Crippen LogP contribution in [0, 0.1) is 0 Å². The highest BCUT2D eigenvalue weighted by molar-refractivity contribution is 7.99. The van der Waals surface area contributed by atoms with Gasteiger partial charge in [0.2, 0.25) is 11.1 Å². The van der Waals surface area contributed by atoms with Gasteiger partial charge in [0.15, 0.2) is 0 Å². The Morgan fingerprint density at radius 3 is 2.68 bits per heavy atom. The lowest BCUT2D eigenvalue weighted by molar-refractivity contribution is -0.113. The molecule has 4 rings (SSSR count). The van der Waals surface area contributed by atoms with E-state index in [0.29, 0.717) is 51.9 Å². The third kappa shape index (κ3) is 5.69. The molecule has 0 radical (unpaired) electrons. The van der Waals surface area contributed by atoms with Crippen LogP contribution in [0.1, 0.15) is 45.2 Å². The van der Waals surface area contributed by atoms with Gasteiger partial charge in [-0.1, -0.05) is 37.2 Å². The molecule has 2 heterocycles. The van der Waals surface area contributed by atoms with Crippen LogP contribution in [0.5, 0.6) is 17.2 Å². The summed E-state index contributed by atoms with van der Waals surface area (Å²) in [6.07, 6.45) is 2.17. The molecule has 10 heteroatoms. The highest BCUT2D eigenvalue weighted by atomic mass is 32.2. The number of hydrogen-bond donors (Lipinski definition) is 2. The maximum Gasteiger partial charge on any atom is 0.255 e. The summed E-state index contributed by atoms with van der Waals surface area (Å²) in [7, 11) is 3.20. The Hall–Kier alpha value is -3.66. The van der Waals surface area contributed by atoms with Crippen LogP contribution in [0.4, 0.5) is 11.6 Å². The Balaban J connectivity index is 1.79. The van der Waals surface area contributed by atoms with Gasteiger partial charge in [0.25, 0.3) is 5.91 Å². The van der Waals surface area contributed by atoms with Gasteiger partial charge in [-0.15, -0.1) is 5.10 Å². The van der Waals surface area contributed by atoms with E-state index in [0.717, 1.165) is 24.2 Å². The molecule has 0 spiro atoms. The Morgan fingerprint density at radius 1 is 1.14 bits per heavy atom. The van der Waals surface area contributed by atoms with Gasteiger partial charge in [0, 0.05) is 23.1 Å². The first-order chi connectivity index (χ1) is 18.0. The Labute approximate surface area is 221 Å². The number of aromatic nitrogens is 3. The van der Waals surface area contributed by atoms with Crippen LogP contribution < -0.4 is 24.8 Å². The monoisotopic (exact) mass is 523 g/mol. The summed E-state index contributed by atoms with van der Waals surface area (Å²) < 4.78 is 18.6. The van der Waals surface area contributed by atoms with Gasteiger partial charge >= 0.3 is 0 Å². The van der Waals surface area contributed by atoms with Gasteiger partial charge in [-0.25, -0.2) is 4.68 Å². The SMILES string of the molecule is CCCCSc1nc2n(n1)C(c1ccc(OC)cc1OC)C(C(=O)Nc1ccccc1OCC)=C(C)N2. The summed E-state index contributed by atoms with van der Waals surface area (Å²) in [4.78, 5) is 18.6. The van der Waals surface area contributed by atoms with Crippen molar-refractivity contribution in [3.63, 3.8) is 0 Å². The Bertz CT molecular complexity index is 1290. The number of anilines is 2. The van der Waals surface area contributed by atoms with Gasteiger partial charge in [0.1, 0.15) is 23.3 Å². The van der Waals surface area contributed by atoms with E-state index in [2.05, 4.69) is 17.6 Å². The molecule has 9 nitrogen and oxygen atoms in total. The summed E-state index contributed by atoms with van der Waals surface area (Å²) in [6.45, 7) is 6.42. The predicted molar refractivity (Wildman–Crippen MR) is 146 cm³/mol. The number of methoxy groups -OCH3 is 2. The topological polar surface area (TPSA) is 99.5 Å². The number of fused-ring (bicyclic) bond motifs is 1. The first-order valence-electron chi connectivity index (χ1n) is 12.3. The number of allylic oxidation sites excluding steroid dienone is 1. The molecule has 0 fully saturated rings. The number of carbonyl (C=O) groups excluding carboxylic acids is 1. The van der Waals surface area contributed by atoms with Crippen LogP contribution in [0.15, 0.2) is 58.9 Å². The van der Waals surface area contributed by atoms with Crippen LogP contribution in [0.25, 0.3) is 0 Å². The molecular weight excluding hydrogens is 490 g/mol. The molecule has 2 N–H and O–H groups in total. The number of nitrogens with one attached hydrogen (secondary N) is 2. The van der Waals surface area contributed by atoms with Crippen molar-refractivity contribution in [2.75, 3.05) is 37.2 Å². The van der Waals surface area contributed by atoms with Crippen molar-refractivity contribution >= 4 is 29.3 Å². The summed E-state index contributed by atoms with van der Waals surface area (Å²) >= 11 is 1.60. The molecule has 2 aromatic carbocycles. The summed E-state index contributed by atoms with van der Waals surface area (Å²) in [6, 6.07) is 12.4. The Kier molecular flexibility index (Phi) is 8.60. The predicted octanol–water partition coefficient (Wildman–Crippen LogP) is 5.51. The maximum atomic E-state index is 13.9. The first-order valence-corrected chi connectivity index (χ1v) is 13.3. The van der Waals surface area contributed by atoms with Crippen molar-refractivity contribution in [2.45, 2.75) is 44.8 Å². The van der Waals surface area contributed by atoms with Crippen molar-refractivity contribution in [1.82, 2.24) is 14.8 Å². The number of carbonyl (C=O) groups is 1. The molecule has 1 amide bonds. The van der Waals surface area contributed by atoms with Crippen LogP contribution in [-0.4, -0.2) is 47.3 Å². The van der Waals surface area contributed by atoms with E-state index in [1.807, 2.05) is 50.2 Å². The highest BCUT2D eigenvalue weighted by Crippen LogP contribution is 2.41. The minimum Gasteiger partial charge on any atom is -0.497 e. The van der Waals surface area contributed by atoms with Gasteiger partial charge < -0.3 is 24.8 Å². The number of nitrogens with zero attached hydrogens (tertiary/aromatic N) is 3. The van der Waals surface area contributed by atoms with Crippen LogP contribution in [-0.2, 0) is 4.79 Å². The van der Waals surface area contributed by atoms with Crippen LogP contribution in [0.2, 0.25) is 0 Å². The zero-order chi connectivity index (χ0) is 26.4. The second-order valence-corrected chi connectivity index (χ2v) is 9.48. The molecule has 37 heavy (non-hydrogen) atoms. The average molecular weight is 524 g/mol. The van der Waals surface area contributed by atoms with Crippen LogP contribution >= 0.6 is 11.8 Å². The van der Waals surface area contributed by atoms with E-state index in [1.54, 1.807) is 36.7 Å². The molecule has 1 atom stereocenters. The van der Waals surface area contributed by atoms with Crippen molar-refractivity contribution in [2.24, 2.45) is 0 Å². The van der Waals surface area contributed by atoms with E-state index >= 15 is 0 Å². The molecule has 3 aromatic rings. The highest BCUT2D eigenvalue weighted by Gasteiger charge is 2.36. The number of benzene rings is 2. The molecular formula is C27H33N5O4S. The Morgan fingerprint density at radius 2 is 1.95 bits per heavy atom. The summed E-state index contributed by atoms with van der Waals surface area (Å²) in [5.74, 6) is 3.06. The molecule has 0 saturated carbocycles. The average Bonchev–Trinajstić information content (AvgIpc) is 3.31. The first kappa shape index (κ1) is 26.4. The molecule has 0 saturated heterocycles. The zero-order valence-electron chi connectivity index (χ0n) is 21.8. The lowest BCUT2D eigenvalue weighted by Crippen LogP contribution is -2.31. The van der Waals surface area contributed by atoms with E-state index in [9.17, 15) is 4.79 Å². The number of ether oxygens (including phenoxy) is 3. The zero-order valence-corrected chi connectivity index (χ0v) is 22.6. The number of hydrogen-bond acceptors (Lipinski definition) is 8. The van der Waals surface area contributed by atoms with Crippen molar-refractivity contribution < 1.29 is 19.0 Å². The molecule has 0 bridgehead atoms. The van der Waals surface area contributed by atoms with Crippen LogP contribution in [0.3, 0.4) is 0 Å². The molecule has 1 aliphatic rings. The van der Waals surface area contributed by atoms with Crippen molar-refractivity contribution in [3.8, 4) is 17.2 Å². The van der Waals surface area contributed by atoms with Crippen molar-refractivity contribution in [1.29, 1.82) is 0 Å². The lowest BCUT2D eigenvalue weighted by atomic mass is 9.94. The lowest BCUT2D eigenvalue weighted by Gasteiger charge is -2.29.